The number of aliphatic hydroxyl groups excluding tert-OH is 1. The minimum Gasteiger partial charge on any atom is -0.392 e. The highest BCUT2D eigenvalue weighted by molar-refractivity contribution is 5.80. The minimum atomic E-state index is -0.311. The molecule has 1 fully saturated rings. The first-order valence-corrected chi connectivity index (χ1v) is 5.26. The summed E-state index contributed by atoms with van der Waals surface area (Å²) in [6, 6.07) is 0. The second-order valence-electron chi connectivity index (χ2n) is 4.31. The van der Waals surface area contributed by atoms with Crippen molar-refractivity contribution in [1.82, 2.24) is 4.90 Å². The van der Waals surface area contributed by atoms with Crippen LogP contribution in [0.5, 0.6) is 0 Å². The Kier molecular flexibility index (Phi) is 2.35. The third-order valence-electron chi connectivity index (χ3n) is 3.57. The summed E-state index contributed by atoms with van der Waals surface area (Å²) < 4.78 is 0. The van der Waals surface area contributed by atoms with E-state index in [0.717, 1.165) is 13.0 Å². The number of carbonyl (C=O) groups excluding carboxylic acids is 1. The molecule has 0 aromatic heterocycles. The molecule has 0 aliphatic heterocycles. The van der Waals surface area contributed by atoms with E-state index in [4.69, 9.17) is 0 Å². The number of hydrogen-bond donors (Lipinski definition) is 1. The zero-order valence-electron chi connectivity index (χ0n) is 8.68. The molecule has 3 nitrogen and oxygen atoms in total. The summed E-state index contributed by atoms with van der Waals surface area (Å²) in [5.41, 5.74) is 0. The van der Waals surface area contributed by atoms with Gasteiger partial charge in [0.15, 0.2) is 0 Å². The molecule has 0 aromatic carbocycles. The summed E-state index contributed by atoms with van der Waals surface area (Å²) in [5, 5.41) is 9.77. The summed E-state index contributed by atoms with van der Waals surface area (Å²) >= 11 is 0. The smallest absolute Gasteiger partial charge is 0.226 e. The van der Waals surface area contributed by atoms with Crippen LogP contribution in [0.2, 0.25) is 0 Å². The van der Waals surface area contributed by atoms with Crippen molar-refractivity contribution in [2.24, 2.45) is 17.8 Å². The number of rotatable bonds is 2. The van der Waals surface area contributed by atoms with Crippen molar-refractivity contribution >= 4 is 5.91 Å². The first kappa shape index (κ1) is 9.71. The van der Waals surface area contributed by atoms with Gasteiger partial charge in [-0.25, -0.2) is 0 Å². The molecule has 1 N–H and O–H groups in total. The average molecular weight is 195 g/mol. The number of hydrogen-bond acceptors (Lipinski definition) is 2. The molecule has 1 amide bonds. The third-order valence-corrected chi connectivity index (χ3v) is 3.57. The van der Waals surface area contributed by atoms with Gasteiger partial charge in [0.1, 0.15) is 0 Å². The van der Waals surface area contributed by atoms with Crippen molar-refractivity contribution in [2.45, 2.75) is 19.4 Å². The van der Waals surface area contributed by atoms with Gasteiger partial charge >= 0.3 is 0 Å². The molecular weight excluding hydrogens is 178 g/mol. The van der Waals surface area contributed by atoms with Gasteiger partial charge in [0.2, 0.25) is 5.91 Å². The molecule has 2 bridgehead atoms. The van der Waals surface area contributed by atoms with Crippen LogP contribution >= 0.6 is 0 Å². The Morgan fingerprint density at radius 2 is 2.29 bits per heavy atom. The van der Waals surface area contributed by atoms with Gasteiger partial charge in [-0.1, -0.05) is 12.2 Å². The molecule has 1 saturated carbocycles. The van der Waals surface area contributed by atoms with E-state index < -0.39 is 0 Å². The Balaban J connectivity index is 2.08. The van der Waals surface area contributed by atoms with Gasteiger partial charge in [0, 0.05) is 31.3 Å². The van der Waals surface area contributed by atoms with E-state index in [9.17, 15) is 9.90 Å². The molecule has 4 unspecified atom stereocenters. The second-order valence-corrected chi connectivity index (χ2v) is 4.31. The van der Waals surface area contributed by atoms with E-state index in [1.54, 1.807) is 4.90 Å². The van der Waals surface area contributed by atoms with E-state index in [-0.39, 0.29) is 29.8 Å². The molecular formula is C11H17NO2. The quantitative estimate of drug-likeness (QED) is 0.657. The normalized spacial score (nSPS) is 39.1. The maximum Gasteiger partial charge on any atom is 0.226 e. The fraction of sp³-hybridized carbons (Fsp3) is 0.727. The molecule has 0 saturated heterocycles. The van der Waals surface area contributed by atoms with Crippen molar-refractivity contribution in [3.05, 3.63) is 12.2 Å². The maximum atomic E-state index is 11.9. The van der Waals surface area contributed by atoms with Crippen LogP contribution in [-0.4, -0.2) is 35.6 Å². The van der Waals surface area contributed by atoms with Gasteiger partial charge < -0.3 is 10.0 Å². The Bertz CT molecular complexity index is 274. The minimum absolute atomic E-state index is 0.0185. The van der Waals surface area contributed by atoms with E-state index in [2.05, 4.69) is 0 Å². The van der Waals surface area contributed by atoms with Crippen molar-refractivity contribution < 1.29 is 9.90 Å². The van der Waals surface area contributed by atoms with E-state index in [1.165, 1.54) is 0 Å². The Morgan fingerprint density at radius 3 is 2.71 bits per heavy atom. The molecule has 0 radical (unpaired) electrons. The monoisotopic (exact) mass is 195 g/mol. The van der Waals surface area contributed by atoms with E-state index >= 15 is 0 Å². The lowest BCUT2D eigenvalue weighted by molar-refractivity contribution is -0.135. The SMILES string of the molecule is CCN(C)C(=O)C1CC2C=CC1C2O. The number of carbonyl (C=O) groups is 1. The highest BCUT2D eigenvalue weighted by Gasteiger charge is 2.47. The van der Waals surface area contributed by atoms with Crippen molar-refractivity contribution in [3.8, 4) is 0 Å². The lowest BCUT2D eigenvalue weighted by atomic mass is 9.92. The maximum absolute atomic E-state index is 11.9. The predicted octanol–water partition coefficient (Wildman–Crippen LogP) is 0.648. The molecule has 0 spiro atoms. The number of nitrogens with zero attached hydrogens (tertiary/aromatic N) is 1. The summed E-state index contributed by atoms with van der Waals surface area (Å²) in [4.78, 5) is 13.6. The van der Waals surface area contributed by atoms with Crippen molar-refractivity contribution in [1.29, 1.82) is 0 Å². The van der Waals surface area contributed by atoms with E-state index in [1.807, 2.05) is 26.1 Å². The zero-order valence-corrected chi connectivity index (χ0v) is 8.68. The van der Waals surface area contributed by atoms with Gasteiger partial charge in [0.05, 0.1) is 6.10 Å². The van der Waals surface area contributed by atoms with Crippen LogP contribution in [0.3, 0.4) is 0 Å². The van der Waals surface area contributed by atoms with Gasteiger partial charge in [-0.2, -0.15) is 0 Å². The number of fused-ring (bicyclic) bond motifs is 2. The molecule has 2 aliphatic carbocycles. The molecule has 4 atom stereocenters. The largest absolute Gasteiger partial charge is 0.392 e. The highest BCUT2D eigenvalue weighted by atomic mass is 16.3. The van der Waals surface area contributed by atoms with Crippen LogP contribution in [0, 0.1) is 17.8 Å². The number of aliphatic hydroxyl groups is 1. The van der Waals surface area contributed by atoms with Crippen molar-refractivity contribution in [3.63, 3.8) is 0 Å². The molecule has 2 aliphatic rings. The van der Waals surface area contributed by atoms with Crippen LogP contribution in [0.25, 0.3) is 0 Å². The molecule has 14 heavy (non-hydrogen) atoms. The van der Waals surface area contributed by atoms with Crippen LogP contribution in [-0.2, 0) is 4.79 Å². The molecule has 3 heteroatoms. The second kappa shape index (κ2) is 3.39. The Morgan fingerprint density at radius 1 is 1.57 bits per heavy atom. The highest BCUT2D eigenvalue weighted by Crippen LogP contribution is 2.44. The summed E-state index contributed by atoms with van der Waals surface area (Å²) in [6.45, 7) is 2.71. The topological polar surface area (TPSA) is 40.5 Å². The molecule has 0 heterocycles. The average Bonchev–Trinajstić information content (AvgIpc) is 2.72. The Labute approximate surface area is 84.4 Å². The Hall–Kier alpha value is -0.830. The standard InChI is InChI=1S/C11H17NO2/c1-3-12(2)11(14)9-6-7-4-5-8(9)10(7)13/h4-5,7-10,13H,3,6H2,1-2H3. The lowest BCUT2D eigenvalue weighted by Crippen LogP contribution is -2.35. The van der Waals surface area contributed by atoms with E-state index in [0.29, 0.717) is 0 Å². The van der Waals surface area contributed by atoms with Crippen molar-refractivity contribution in [2.75, 3.05) is 13.6 Å². The first-order chi connectivity index (χ1) is 6.65. The fourth-order valence-electron chi connectivity index (χ4n) is 2.53. The first-order valence-electron chi connectivity index (χ1n) is 5.26. The number of amides is 1. The lowest BCUT2D eigenvalue weighted by Gasteiger charge is -2.23. The predicted molar refractivity (Wildman–Crippen MR) is 53.5 cm³/mol. The molecule has 2 rings (SSSR count). The van der Waals surface area contributed by atoms with Gasteiger partial charge in [-0.05, 0) is 13.3 Å². The van der Waals surface area contributed by atoms with Crippen LogP contribution in [0.15, 0.2) is 12.2 Å². The molecule has 78 valence electrons. The van der Waals surface area contributed by atoms with Crippen LogP contribution in [0.4, 0.5) is 0 Å². The summed E-state index contributed by atoms with van der Waals surface area (Å²) in [6.07, 6.45) is 4.57. The summed E-state index contributed by atoms with van der Waals surface area (Å²) in [7, 11) is 1.82. The zero-order chi connectivity index (χ0) is 10.3. The third kappa shape index (κ3) is 1.27. The summed E-state index contributed by atoms with van der Waals surface area (Å²) in [5.74, 6) is 0.494. The van der Waals surface area contributed by atoms with Gasteiger partial charge in [-0.3, -0.25) is 4.79 Å². The van der Waals surface area contributed by atoms with Gasteiger partial charge in [0.25, 0.3) is 0 Å². The van der Waals surface area contributed by atoms with Crippen LogP contribution < -0.4 is 0 Å². The van der Waals surface area contributed by atoms with Crippen LogP contribution in [0.1, 0.15) is 13.3 Å². The molecule has 0 aromatic rings. The van der Waals surface area contributed by atoms with Gasteiger partial charge in [-0.15, -0.1) is 0 Å². The fourth-order valence-corrected chi connectivity index (χ4v) is 2.53.